The lowest BCUT2D eigenvalue weighted by Gasteiger charge is -2.29. The number of hydrogen-bond acceptors (Lipinski definition) is 6. The fraction of sp³-hybridized carbons (Fsp3) is 0.750. The molecule has 0 spiro atoms. The van der Waals surface area contributed by atoms with Crippen LogP contribution < -0.4 is 11.0 Å². The lowest BCUT2D eigenvalue weighted by Crippen LogP contribution is -2.51. The van der Waals surface area contributed by atoms with Crippen LogP contribution in [0.3, 0.4) is 0 Å². The second-order valence-electron chi connectivity index (χ2n) is 4.86. The summed E-state index contributed by atoms with van der Waals surface area (Å²) in [5.41, 5.74) is -0.993. The first-order valence-corrected chi connectivity index (χ1v) is 7.33. The third-order valence-electron chi connectivity index (χ3n) is 3.04. The number of ether oxygens (including phenoxy) is 1. The van der Waals surface area contributed by atoms with Crippen molar-refractivity contribution in [2.45, 2.75) is 43.1 Å². The molecule has 1 rings (SSSR count). The Kier molecular flexibility index (Phi) is 5.82. The fourth-order valence-electron chi connectivity index (χ4n) is 2.08. The van der Waals surface area contributed by atoms with Crippen molar-refractivity contribution >= 4 is 17.7 Å². The summed E-state index contributed by atoms with van der Waals surface area (Å²) in [5, 5.41) is 10.2. The largest absolute Gasteiger partial charge is 0.468 e. The molecule has 0 aliphatic heterocycles. The lowest BCUT2D eigenvalue weighted by molar-refractivity contribution is -0.148. The maximum atomic E-state index is 11.9. The van der Waals surface area contributed by atoms with Gasteiger partial charge in [-0.2, -0.15) is 0 Å². The predicted octanol–water partition coefficient (Wildman–Crippen LogP) is 0.520. The molecule has 0 aliphatic rings. The highest BCUT2D eigenvalue weighted by Gasteiger charge is 2.35. The summed E-state index contributed by atoms with van der Waals surface area (Å²) in [6.45, 7) is 6.42. The van der Waals surface area contributed by atoms with Crippen molar-refractivity contribution < 1.29 is 9.53 Å². The molecule has 2 atom stereocenters. The number of esters is 1. The van der Waals surface area contributed by atoms with Crippen molar-refractivity contribution in [2.75, 3.05) is 13.7 Å². The Balaban J connectivity index is 2.76. The number of carbonyl (C=O) groups excluding carboxylic acids is 1. The molecule has 114 valence electrons. The fourth-order valence-corrected chi connectivity index (χ4v) is 3.19. The van der Waals surface area contributed by atoms with Crippen LogP contribution in [-0.2, 0) is 16.6 Å². The number of aromatic nitrogens is 3. The Morgan fingerprint density at radius 1 is 1.65 bits per heavy atom. The van der Waals surface area contributed by atoms with Gasteiger partial charge in [-0.05, 0) is 19.9 Å². The first-order chi connectivity index (χ1) is 9.34. The van der Waals surface area contributed by atoms with Gasteiger partial charge in [-0.15, -0.1) is 5.10 Å². The van der Waals surface area contributed by atoms with E-state index in [0.717, 1.165) is 0 Å². The van der Waals surface area contributed by atoms with Crippen molar-refractivity contribution in [1.82, 2.24) is 20.1 Å². The van der Waals surface area contributed by atoms with Crippen LogP contribution in [0.2, 0.25) is 0 Å². The monoisotopic (exact) mass is 302 g/mol. The zero-order valence-corrected chi connectivity index (χ0v) is 13.3. The summed E-state index contributed by atoms with van der Waals surface area (Å²) in [6, 6.07) is 0. The number of likely N-dealkylation sites (N-methyl/N-ethyl adjacent to an activating group) is 1. The molecule has 0 aliphatic carbocycles. The highest BCUT2D eigenvalue weighted by molar-refractivity contribution is 7.99. The Hall–Kier alpha value is -1.28. The number of rotatable bonds is 7. The molecular weight excluding hydrogens is 280 g/mol. The SMILES string of the molecule is CCNC(C)(CC(C)Sc1n[nH]c(=O)n1C)C(=O)OC. The highest BCUT2D eigenvalue weighted by Crippen LogP contribution is 2.27. The third kappa shape index (κ3) is 3.86. The number of H-pyrrole nitrogens is 1. The number of nitrogens with one attached hydrogen (secondary N) is 2. The minimum atomic E-state index is -0.745. The Labute approximate surface area is 122 Å². The van der Waals surface area contributed by atoms with E-state index < -0.39 is 5.54 Å². The van der Waals surface area contributed by atoms with E-state index in [2.05, 4.69) is 15.5 Å². The minimum Gasteiger partial charge on any atom is -0.468 e. The van der Waals surface area contributed by atoms with Crippen LogP contribution in [0.15, 0.2) is 9.95 Å². The van der Waals surface area contributed by atoms with E-state index in [1.807, 2.05) is 20.8 Å². The third-order valence-corrected chi connectivity index (χ3v) is 4.19. The molecule has 20 heavy (non-hydrogen) atoms. The standard InChI is InChI=1S/C12H22N4O3S/c1-6-13-12(3,9(17)19-5)7-8(2)20-11-15-14-10(18)16(11)4/h8,13H,6-7H2,1-5H3,(H,14,18). The van der Waals surface area contributed by atoms with E-state index in [1.165, 1.54) is 23.4 Å². The van der Waals surface area contributed by atoms with Crippen molar-refractivity contribution in [3.05, 3.63) is 10.5 Å². The summed E-state index contributed by atoms with van der Waals surface area (Å²) in [7, 11) is 3.04. The second-order valence-corrected chi connectivity index (χ2v) is 6.26. The molecule has 1 heterocycles. The summed E-state index contributed by atoms with van der Waals surface area (Å²) < 4.78 is 6.31. The summed E-state index contributed by atoms with van der Waals surface area (Å²) in [6.07, 6.45) is 0.569. The molecule has 2 N–H and O–H groups in total. The van der Waals surface area contributed by atoms with Crippen LogP contribution in [0.4, 0.5) is 0 Å². The van der Waals surface area contributed by atoms with E-state index in [4.69, 9.17) is 4.74 Å². The zero-order valence-electron chi connectivity index (χ0n) is 12.5. The molecule has 0 fully saturated rings. The topological polar surface area (TPSA) is 89.0 Å². The molecule has 2 unspecified atom stereocenters. The highest BCUT2D eigenvalue weighted by atomic mass is 32.2. The first-order valence-electron chi connectivity index (χ1n) is 6.45. The van der Waals surface area contributed by atoms with Crippen molar-refractivity contribution in [3.8, 4) is 0 Å². The van der Waals surface area contributed by atoms with E-state index >= 15 is 0 Å². The number of nitrogens with zero attached hydrogens (tertiary/aromatic N) is 2. The van der Waals surface area contributed by atoms with Gasteiger partial charge in [-0.1, -0.05) is 25.6 Å². The maximum Gasteiger partial charge on any atom is 0.343 e. The van der Waals surface area contributed by atoms with Gasteiger partial charge in [0.05, 0.1) is 7.11 Å². The Morgan fingerprint density at radius 2 is 2.30 bits per heavy atom. The van der Waals surface area contributed by atoms with Gasteiger partial charge in [0.15, 0.2) is 5.16 Å². The second kappa shape index (κ2) is 6.94. The number of hydrogen-bond donors (Lipinski definition) is 2. The maximum absolute atomic E-state index is 11.9. The number of thioether (sulfide) groups is 1. The van der Waals surface area contributed by atoms with Crippen molar-refractivity contribution in [2.24, 2.45) is 7.05 Å². The summed E-state index contributed by atoms with van der Waals surface area (Å²) in [5.74, 6) is -0.289. The predicted molar refractivity (Wildman–Crippen MR) is 77.9 cm³/mol. The van der Waals surface area contributed by atoms with Gasteiger partial charge >= 0.3 is 11.7 Å². The van der Waals surface area contributed by atoms with Gasteiger partial charge in [0.25, 0.3) is 0 Å². The van der Waals surface area contributed by atoms with Crippen LogP contribution in [0.1, 0.15) is 27.2 Å². The van der Waals surface area contributed by atoms with Gasteiger partial charge in [0.2, 0.25) is 0 Å². The Bertz CT molecular complexity index is 513. The molecule has 0 radical (unpaired) electrons. The van der Waals surface area contributed by atoms with Crippen LogP contribution in [0.5, 0.6) is 0 Å². The minimum absolute atomic E-state index is 0.0899. The van der Waals surface area contributed by atoms with E-state index in [1.54, 1.807) is 7.05 Å². The average molecular weight is 302 g/mol. The molecule has 0 aromatic carbocycles. The molecular formula is C12H22N4O3S. The quantitative estimate of drug-likeness (QED) is 0.564. The normalized spacial score (nSPS) is 15.7. The number of aromatic amines is 1. The molecule has 0 saturated carbocycles. The Morgan fingerprint density at radius 3 is 2.75 bits per heavy atom. The van der Waals surface area contributed by atoms with E-state index in [-0.39, 0.29) is 16.9 Å². The van der Waals surface area contributed by atoms with Crippen LogP contribution >= 0.6 is 11.8 Å². The van der Waals surface area contributed by atoms with Crippen LogP contribution in [0.25, 0.3) is 0 Å². The van der Waals surface area contributed by atoms with Crippen LogP contribution in [-0.4, -0.2) is 45.2 Å². The molecule has 0 bridgehead atoms. The van der Waals surface area contributed by atoms with E-state index in [0.29, 0.717) is 18.1 Å². The van der Waals surface area contributed by atoms with Gasteiger partial charge in [-0.25, -0.2) is 9.89 Å². The molecule has 1 aromatic rings. The molecule has 0 amide bonds. The smallest absolute Gasteiger partial charge is 0.343 e. The molecule has 7 nitrogen and oxygen atoms in total. The molecule has 0 saturated heterocycles. The van der Waals surface area contributed by atoms with Gasteiger partial charge in [0.1, 0.15) is 5.54 Å². The lowest BCUT2D eigenvalue weighted by atomic mass is 9.96. The summed E-state index contributed by atoms with van der Waals surface area (Å²) in [4.78, 5) is 23.2. The van der Waals surface area contributed by atoms with Gasteiger partial charge < -0.3 is 10.1 Å². The van der Waals surface area contributed by atoms with Gasteiger partial charge in [0, 0.05) is 12.3 Å². The average Bonchev–Trinajstić information content (AvgIpc) is 2.69. The molecule has 8 heteroatoms. The van der Waals surface area contributed by atoms with Crippen molar-refractivity contribution in [3.63, 3.8) is 0 Å². The molecule has 1 aromatic heterocycles. The first kappa shape index (κ1) is 16.8. The van der Waals surface area contributed by atoms with E-state index in [9.17, 15) is 9.59 Å². The number of methoxy groups -OCH3 is 1. The van der Waals surface area contributed by atoms with Gasteiger partial charge in [-0.3, -0.25) is 9.36 Å². The number of carbonyl (C=O) groups is 1. The van der Waals surface area contributed by atoms with Crippen LogP contribution in [0, 0.1) is 0 Å². The van der Waals surface area contributed by atoms with Crippen molar-refractivity contribution in [1.29, 1.82) is 0 Å². The summed E-state index contributed by atoms with van der Waals surface area (Å²) >= 11 is 1.44. The zero-order chi connectivity index (χ0) is 15.3.